The molecule has 0 spiro atoms. The molecule has 1 saturated heterocycles. The molecule has 19 heavy (non-hydrogen) atoms. The van der Waals surface area contributed by atoms with Gasteiger partial charge in [-0.25, -0.2) is 0 Å². The first kappa shape index (κ1) is 14.2. The lowest BCUT2D eigenvalue weighted by Gasteiger charge is -2.24. The Morgan fingerprint density at radius 2 is 2.11 bits per heavy atom. The van der Waals surface area contributed by atoms with Crippen LogP contribution in [-0.4, -0.2) is 19.7 Å². The summed E-state index contributed by atoms with van der Waals surface area (Å²) < 4.78 is 43.9. The molecule has 2 rings (SSSR count). The number of hydrogen-bond donors (Lipinski definition) is 1. The van der Waals surface area contributed by atoms with Crippen LogP contribution in [0.25, 0.3) is 0 Å². The SMILES string of the molecule is CCOc1cc(C2CCCNC2)cc(C(F)(F)F)c1. The van der Waals surface area contributed by atoms with Crippen molar-refractivity contribution in [2.24, 2.45) is 0 Å². The lowest BCUT2D eigenvalue weighted by molar-refractivity contribution is -0.137. The van der Waals surface area contributed by atoms with Gasteiger partial charge < -0.3 is 10.1 Å². The van der Waals surface area contributed by atoms with Crippen LogP contribution in [0, 0.1) is 0 Å². The van der Waals surface area contributed by atoms with Crippen molar-refractivity contribution < 1.29 is 17.9 Å². The Balaban J connectivity index is 2.33. The highest BCUT2D eigenvalue weighted by molar-refractivity contribution is 5.38. The topological polar surface area (TPSA) is 21.3 Å². The Labute approximate surface area is 111 Å². The number of rotatable bonds is 3. The first-order valence-corrected chi connectivity index (χ1v) is 6.56. The van der Waals surface area contributed by atoms with Gasteiger partial charge in [0.15, 0.2) is 0 Å². The largest absolute Gasteiger partial charge is 0.494 e. The molecule has 2 nitrogen and oxygen atoms in total. The lowest BCUT2D eigenvalue weighted by Crippen LogP contribution is -2.28. The number of benzene rings is 1. The number of alkyl halides is 3. The van der Waals surface area contributed by atoms with Gasteiger partial charge in [0.1, 0.15) is 5.75 Å². The zero-order valence-corrected chi connectivity index (χ0v) is 10.9. The Hall–Kier alpha value is -1.23. The molecule has 1 fully saturated rings. The van der Waals surface area contributed by atoms with Crippen LogP contribution < -0.4 is 10.1 Å². The molecule has 106 valence electrons. The zero-order valence-electron chi connectivity index (χ0n) is 10.9. The van der Waals surface area contributed by atoms with Crippen LogP contribution in [-0.2, 0) is 6.18 Å². The molecular formula is C14H18F3NO. The number of halogens is 3. The highest BCUT2D eigenvalue weighted by Gasteiger charge is 2.32. The van der Waals surface area contributed by atoms with Crippen molar-refractivity contribution in [3.63, 3.8) is 0 Å². The van der Waals surface area contributed by atoms with Crippen LogP contribution in [0.3, 0.4) is 0 Å². The van der Waals surface area contributed by atoms with Crippen LogP contribution in [0.15, 0.2) is 18.2 Å². The van der Waals surface area contributed by atoms with E-state index in [-0.39, 0.29) is 5.92 Å². The van der Waals surface area contributed by atoms with Gasteiger partial charge in [-0.2, -0.15) is 13.2 Å². The van der Waals surface area contributed by atoms with Crippen molar-refractivity contribution in [3.05, 3.63) is 29.3 Å². The van der Waals surface area contributed by atoms with Gasteiger partial charge in [-0.05, 0) is 56.0 Å². The maximum Gasteiger partial charge on any atom is 0.416 e. The molecule has 0 radical (unpaired) electrons. The summed E-state index contributed by atoms with van der Waals surface area (Å²) in [4.78, 5) is 0. The molecule has 0 aliphatic carbocycles. The van der Waals surface area contributed by atoms with Crippen molar-refractivity contribution >= 4 is 0 Å². The van der Waals surface area contributed by atoms with Gasteiger partial charge in [-0.15, -0.1) is 0 Å². The highest BCUT2D eigenvalue weighted by Crippen LogP contribution is 2.35. The quantitative estimate of drug-likeness (QED) is 0.909. The molecule has 0 aromatic heterocycles. The van der Waals surface area contributed by atoms with E-state index in [4.69, 9.17) is 4.74 Å². The van der Waals surface area contributed by atoms with Crippen LogP contribution in [0.1, 0.15) is 36.8 Å². The molecule has 1 N–H and O–H groups in total. The molecule has 0 amide bonds. The monoisotopic (exact) mass is 273 g/mol. The molecule has 1 aromatic carbocycles. The van der Waals surface area contributed by atoms with E-state index in [9.17, 15) is 13.2 Å². The minimum atomic E-state index is -4.33. The van der Waals surface area contributed by atoms with Crippen molar-refractivity contribution in [2.45, 2.75) is 31.9 Å². The van der Waals surface area contributed by atoms with Crippen molar-refractivity contribution in [1.29, 1.82) is 0 Å². The Kier molecular flexibility index (Phi) is 4.34. The molecule has 1 unspecified atom stereocenters. The number of piperidine rings is 1. The molecule has 1 atom stereocenters. The molecule has 0 bridgehead atoms. The van der Waals surface area contributed by atoms with E-state index in [0.717, 1.165) is 32.0 Å². The Bertz CT molecular complexity index is 425. The van der Waals surface area contributed by atoms with Gasteiger partial charge in [-0.3, -0.25) is 0 Å². The van der Waals surface area contributed by atoms with E-state index in [1.54, 1.807) is 13.0 Å². The number of hydrogen-bond acceptors (Lipinski definition) is 2. The predicted molar refractivity (Wildman–Crippen MR) is 67.5 cm³/mol. The van der Waals surface area contributed by atoms with Crippen molar-refractivity contribution in [2.75, 3.05) is 19.7 Å². The zero-order chi connectivity index (χ0) is 13.9. The average Bonchev–Trinajstić information content (AvgIpc) is 2.39. The lowest BCUT2D eigenvalue weighted by atomic mass is 9.90. The summed E-state index contributed by atoms with van der Waals surface area (Å²) in [6.45, 7) is 3.80. The summed E-state index contributed by atoms with van der Waals surface area (Å²) in [7, 11) is 0. The summed E-state index contributed by atoms with van der Waals surface area (Å²) in [5.41, 5.74) is 0.0875. The maximum absolute atomic E-state index is 12.9. The molecule has 1 heterocycles. The summed E-state index contributed by atoms with van der Waals surface area (Å²) in [5, 5.41) is 3.22. The van der Waals surface area contributed by atoms with E-state index in [0.29, 0.717) is 17.9 Å². The van der Waals surface area contributed by atoms with E-state index in [1.807, 2.05) is 0 Å². The summed E-state index contributed by atoms with van der Waals surface area (Å²) >= 11 is 0. The van der Waals surface area contributed by atoms with E-state index < -0.39 is 11.7 Å². The van der Waals surface area contributed by atoms with Crippen LogP contribution in [0.4, 0.5) is 13.2 Å². The summed E-state index contributed by atoms with van der Waals surface area (Å²) in [6.07, 6.45) is -2.42. The fraction of sp³-hybridized carbons (Fsp3) is 0.571. The van der Waals surface area contributed by atoms with Gasteiger partial charge in [0.25, 0.3) is 0 Å². The van der Waals surface area contributed by atoms with Gasteiger partial charge >= 0.3 is 6.18 Å². The molecule has 0 saturated carbocycles. The smallest absolute Gasteiger partial charge is 0.416 e. The summed E-state index contributed by atoms with van der Waals surface area (Å²) in [6, 6.07) is 4.06. The highest BCUT2D eigenvalue weighted by atomic mass is 19.4. The Morgan fingerprint density at radius 1 is 1.32 bits per heavy atom. The average molecular weight is 273 g/mol. The molecule has 1 aliphatic rings. The normalized spacial score (nSPS) is 20.3. The van der Waals surface area contributed by atoms with Gasteiger partial charge in [0.2, 0.25) is 0 Å². The first-order valence-electron chi connectivity index (χ1n) is 6.56. The van der Waals surface area contributed by atoms with E-state index >= 15 is 0 Å². The third-order valence-corrected chi connectivity index (χ3v) is 3.34. The second-order valence-electron chi connectivity index (χ2n) is 4.76. The van der Waals surface area contributed by atoms with Gasteiger partial charge in [0, 0.05) is 6.54 Å². The van der Waals surface area contributed by atoms with Crippen molar-refractivity contribution in [3.8, 4) is 5.75 Å². The second kappa shape index (κ2) is 5.82. The third-order valence-electron chi connectivity index (χ3n) is 3.34. The van der Waals surface area contributed by atoms with Crippen molar-refractivity contribution in [1.82, 2.24) is 5.32 Å². The molecule has 1 aliphatic heterocycles. The molecule has 1 aromatic rings. The summed E-state index contributed by atoms with van der Waals surface area (Å²) in [5.74, 6) is 0.438. The third kappa shape index (κ3) is 3.62. The van der Waals surface area contributed by atoms with E-state index in [1.165, 1.54) is 6.07 Å². The minimum Gasteiger partial charge on any atom is -0.494 e. The first-order chi connectivity index (χ1) is 9.00. The maximum atomic E-state index is 12.9. The van der Waals surface area contributed by atoms with Gasteiger partial charge in [0.05, 0.1) is 12.2 Å². The number of ether oxygens (including phenoxy) is 1. The van der Waals surface area contributed by atoms with Crippen LogP contribution in [0.2, 0.25) is 0 Å². The number of nitrogens with one attached hydrogen (secondary N) is 1. The van der Waals surface area contributed by atoms with Gasteiger partial charge in [-0.1, -0.05) is 0 Å². The fourth-order valence-corrected chi connectivity index (χ4v) is 2.41. The van der Waals surface area contributed by atoms with E-state index in [2.05, 4.69) is 5.32 Å². The Morgan fingerprint density at radius 3 is 2.68 bits per heavy atom. The fourth-order valence-electron chi connectivity index (χ4n) is 2.41. The van der Waals surface area contributed by atoms with Crippen LogP contribution in [0.5, 0.6) is 5.75 Å². The molecular weight excluding hydrogens is 255 g/mol. The predicted octanol–water partition coefficient (Wildman–Crippen LogP) is 3.57. The minimum absolute atomic E-state index is 0.134. The molecule has 5 heteroatoms. The van der Waals surface area contributed by atoms with Crippen LogP contribution >= 0.6 is 0 Å². The standard InChI is InChI=1S/C14H18F3NO/c1-2-19-13-7-11(10-4-3-5-18-9-10)6-12(8-13)14(15,16)17/h6-8,10,18H,2-5,9H2,1H3. The second-order valence-corrected chi connectivity index (χ2v) is 4.76.